The molecule has 0 saturated carbocycles. The summed E-state index contributed by atoms with van der Waals surface area (Å²) >= 11 is 5.61. The Morgan fingerprint density at radius 1 is 1.50 bits per heavy atom. The van der Waals surface area contributed by atoms with E-state index in [0.717, 1.165) is 6.07 Å². The van der Waals surface area contributed by atoms with Crippen molar-refractivity contribution in [2.75, 3.05) is 0 Å². The van der Waals surface area contributed by atoms with Gasteiger partial charge in [0.15, 0.2) is 5.78 Å². The third-order valence-corrected chi connectivity index (χ3v) is 1.96. The largest absolute Gasteiger partial charge is 0.382 e. The summed E-state index contributed by atoms with van der Waals surface area (Å²) in [6.45, 7) is 2.60. The van der Waals surface area contributed by atoms with E-state index in [2.05, 4.69) is 0 Å². The molecule has 0 saturated heterocycles. The summed E-state index contributed by atoms with van der Waals surface area (Å²) in [5.74, 6) is -1.36. The first-order valence-corrected chi connectivity index (χ1v) is 4.42. The average Bonchev–Trinajstić information content (AvgIpc) is 2.06. The molecule has 0 fully saturated rings. The first-order chi connectivity index (χ1) is 6.32. The summed E-state index contributed by atoms with van der Waals surface area (Å²) in [4.78, 5) is 11.5. The Morgan fingerprint density at radius 3 is 2.57 bits per heavy atom. The van der Waals surface area contributed by atoms with Crippen LogP contribution in [0.3, 0.4) is 0 Å². The molecule has 2 nitrogen and oxygen atoms in total. The summed E-state index contributed by atoms with van der Waals surface area (Å²) in [5.41, 5.74) is -1.78. The molecule has 1 aromatic carbocycles. The quantitative estimate of drug-likeness (QED) is 0.771. The molecule has 0 aliphatic rings. The van der Waals surface area contributed by atoms with Gasteiger partial charge in [0.25, 0.3) is 0 Å². The minimum absolute atomic E-state index is 0.190. The molecule has 14 heavy (non-hydrogen) atoms. The van der Waals surface area contributed by atoms with Gasteiger partial charge in [-0.25, -0.2) is 4.39 Å². The van der Waals surface area contributed by atoms with E-state index in [4.69, 9.17) is 11.6 Å². The number of ketones is 1. The van der Waals surface area contributed by atoms with E-state index < -0.39 is 17.2 Å². The molecule has 0 unspecified atom stereocenters. The lowest BCUT2D eigenvalue weighted by atomic mass is 9.96. The predicted octanol–water partition coefficient (Wildman–Crippen LogP) is 2.43. The second-order valence-electron chi connectivity index (χ2n) is 3.51. The second-order valence-corrected chi connectivity index (χ2v) is 3.95. The zero-order valence-corrected chi connectivity index (χ0v) is 8.60. The van der Waals surface area contributed by atoms with Gasteiger partial charge in [0, 0.05) is 5.02 Å². The Hall–Kier alpha value is -0.930. The van der Waals surface area contributed by atoms with Crippen molar-refractivity contribution in [3.8, 4) is 0 Å². The standard InChI is InChI=1S/C10H10ClFO2/c1-10(2,14)9(13)7-5-6(11)3-4-8(7)12/h3-5,14H,1-2H3. The van der Waals surface area contributed by atoms with Crippen LogP contribution in [0.5, 0.6) is 0 Å². The van der Waals surface area contributed by atoms with Gasteiger partial charge in [-0.3, -0.25) is 4.79 Å². The van der Waals surface area contributed by atoms with Gasteiger partial charge in [-0.05, 0) is 32.0 Å². The average molecular weight is 217 g/mol. The molecule has 0 atom stereocenters. The topological polar surface area (TPSA) is 37.3 Å². The number of carbonyl (C=O) groups is 1. The SMILES string of the molecule is CC(C)(O)C(=O)c1cc(Cl)ccc1F. The van der Waals surface area contributed by atoms with E-state index in [1.165, 1.54) is 26.0 Å². The van der Waals surface area contributed by atoms with Crippen molar-refractivity contribution in [1.82, 2.24) is 0 Å². The van der Waals surface area contributed by atoms with Crippen molar-refractivity contribution in [2.24, 2.45) is 0 Å². The van der Waals surface area contributed by atoms with Crippen LogP contribution >= 0.6 is 11.6 Å². The van der Waals surface area contributed by atoms with Crippen molar-refractivity contribution in [1.29, 1.82) is 0 Å². The minimum Gasteiger partial charge on any atom is -0.382 e. The highest BCUT2D eigenvalue weighted by molar-refractivity contribution is 6.31. The van der Waals surface area contributed by atoms with E-state index >= 15 is 0 Å². The maximum atomic E-state index is 13.2. The summed E-state index contributed by atoms with van der Waals surface area (Å²) in [7, 11) is 0. The number of rotatable bonds is 2. The van der Waals surface area contributed by atoms with Crippen LogP contribution in [0.2, 0.25) is 5.02 Å². The van der Waals surface area contributed by atoms with Crippen molar-refractivity contribution in [2.45, 2.75) is 19.4 Å². The highest BCUT2D eigenvalue weighted by Gasteiger charge is 2.27. The zero-order valence-electron chi connectivity index (χ0n) is 7.84. The normalized spacial score (nSPS) is 11.5. The van der Waals surface area contributed by atoms with Gasteiger partial charge in [-0.15, -0.1) is 0 Å². The highest BCUT2D eigenvalue weighted by Crippen LogP contribution is 2.19. The van der Waals surface area contributed by atoms with Gasteiger partial charge in [0.1, 0.15) is 11.4 Å². The second kappa shape index (κ2) is 3.67. The van der Waals surface area contributed by atoms with Crippen molar-refractivity contribution in [3.05, 3.63) is 34.6 Å². The maximum absolute atomic E-state index is 13.2. The number of hydrogen-bond acceptors (Lipinski definition) is 2. The molecule has 0 spiro atoms. The summed E-state index contributed by atoms with van der Waals surface area (Å²) in [6.07, 6.45) is 0. The van der Waals surface area contributed by atoms with Gasteiger partial charge in [0.2, 0.25) is 0 Å². The van der Waals surface area contributed by atoms with E-state index in [9.17, 15) is 14.3 Å². The lowest BCUT2D eigenvalue weighted by Crippen LogP contribution is -2.31. The molecular formula is C10H10ClFO2. The number of benzene rings is 1. The van der Waals surface area contributed by atoms with Gasteiger partial charge < -0.3 is 5.11 Å². The number of hydrogen-bond donors (Lipinski definition) is 1. The van der Waals surface area contributed by atoms with Gasteiger partial charge in [0.05, 0.1) is 5.56 Å². The molecule has 1 aromatic rings. The van der Waals surface area contributed by atoms with Crippen LogP contribution in [0.15, 0.2) is 18.2 Å². The zero-order chi connectivity index (χ0) is 10.9. The first kappa shape index (κ1) is 11.1. The van der Waals surface area contributed by atoms with Crippen LogP contribution in [0.25, 0.3) is 0 Å². The number of aliphatic hydroxyl groups is 1. The number of halogens is 2. The van der Waals surface area contributed by atoms with Crippen molar-refractivity contribution >= 4 is 17.4 Å². The molecule has 0 aromatic heterocycles. The van der Waals surface area contributed by atoms with Crippen LogP contribution in [-0.2, 0) is 0 Å². The summed E-state index contributed by atoms with van der Waals surface area (Å²) < 4.78 is 13.2. The lowest BCUT2D eigenvalue weighted by molar-refractivity contribution is 0.0483. The molecule has 0 amide bonds. The lowest BCUT2D eigenvalue weighted by Gasteiger charge is -2.15. The van der Waals surface area contributed by atoms with Crippen molar-refractivity contribution in [3.63, 3.8) is 0 Å². The predicted molar refractivity (Wildman–Crippen MR) is 52.0 cm³/mol. The molecule has 0 aliphatic heterocycles. The highest BCUT2D eigenvalue weighted by atomic mass is 35.5. The third kappa shape index (κ3) is 2.30. The third-order valence-electron chi connectivity index (χ3n) is 1.73. The smallest absolute Gasteiger partial charge is 0.196 e. The summed E-state index contributed by atoms with van der Waals surface area (Å²) in [5, 5.41) is 9.66. The Morgan fingerprint density at radius 2 is 2.07 bits per heavy atom. The van der Waals surface area contributed by atoms with Crippen LogP contribution in [0.1, 0.15) is 24.2 Å². The number of carbonyl (C=O) groups excluding carboxylic acids is 1. The van der Waals surface area contributed by atoms with E-state index in [1.807, 2.05) is 0 Å². The molecule has 76 valence electrons. The Kier molecular flexibility index (Phi) is 2.92. The van der Waals surface area contributed by atoms with Crippen LogP contribution in [0.4, 0.5) is 4.39 Å². The molecule has 0 bridgehead atoms. The first-order valence-electron chi connectivity index (χ1n) is 4.04. The van der Waals surface area contributed by atoms with Crippen molar-refractivity contribution < 1.29 is 14.3 Å². The molecule has 4 heteroatoms. The van der Waals surface area contributed by atoms with Gasteiger partial charge >= 0.3 is 0 Å². The monoisotopic (exact) mass is 216 g/mol. The fourth-order valence-corrected chi connectivity index (χ4v) is 1.17. The fraction of sp³-hybridized carbons (Fsp3) is 0.300. The van der Waals surface area contributed by atoms with Crippen LogP contribution < -0.4 is 0 Å². The Bertz CT molecular complexity index is 369. The fourth-order valence-electron chi connectivity index (χ4n) is 1.00. The van der Waals surface area contributed by atoms with E-state index in [-0.39, 0.29) is 10.6 Å². The molecule has 1 N–H and O–H groups in total. The van der Waals surface area contributed by atoms with Crippen LogP contribution in [0, 0.1) is 5.82 Å². The van der Waals surface area contributed by atoms with E-state index in [1.54, 1.807) is 0 Å². The molecule has 1 rings (SSSR count). The minimum atomic E-state index is -1.59. The maximum Gasteiger partial charge on any atom is 0.196 e. The number of Topliss-reactive ketones (excluding diaryl/α,β-unsaturated/α-hetero) is 1. The molecule has 0 aliphatic carbocycles. The van der Waals surface area contributed by atoms with E-state index in [0.29, 0.717) is 0 Å². The van der Waals surface area contributed by atoms with Gasteiger partial charge in [-0.2, -0.15) is 0 Å². The molecular weight excluding hydrogens is 207 g/mol. The van der Waals surface area contributed by atoms with Gasteiger partial charge in [-0.1, -0.05) is 11.6 Å². The molecule has 0 radical (unpaired) electrons. The molecule has 0 heterocycles. The van der Waals surface area contributed by atoms with Crippen LogP contribution in [-0.4, -0.2) is 16.5 Å². The summed E-state index contributed by atoms with van der Waals surface area (Å²) in [6, 6.07) is 3.65. The Balaban J connectivity index is 3.19. The Labute approximate surface area is 86.3 Å².